The van der Waals surface area contributed by atoms with Crippen LogP contribution in [0.5, 0.6) is 0 Å². The molecule has 0 amide bonds. The molecule has 0 fully saturated rings. The van der Waals surface area contributed by atoms with Gasteiger partial charge in [-0.05, 0) is 13.3 Å². The van der Waals surface area contributed by atoms with E-state index in [0.717, 1.165) is 6.42 Å². The lowest BCUT2D eigenvalue weighted by atomic mass is 10.0. The van der Waals surface area contributed by atoms with Gasteiger partial charge in [0.2, 0.25) is 0 Å². The summed E-state index contributed by atoms with van der Waals surface area (Å²) in [6.07, 6.45) is 0.779. The molecule has 0 radical (unpaired) electrons. The van der Waals surface area contributed by atoms with Gasteiger partial charge < -0.3 is 10.4 Å². The number of nitro benzene ring substituents is 1. The topological polar surface area (TPSA) is 75.4 Å². The van der Waals surface area contributed by atoms with Gasteiger partial charge in [-0.1, -0.05) is 25.1 Å². The Morgan fingerprint density at radius 2 is 2.12 bits per heavy atom. The van der Waals surface area contributed by atoms with E-state index < -0.39 is 0 Å². The minimum Gasteiger partial charge on any atom is -0.395 e. The highest BCUT2D eigenvalue weighted by Gasteiger charge is 2.19. The van der Waals surface area contributed by atoms with Gasteiger partial charge in [-0.25, -0.2) is 0 Å². The van der Waals surface area contributed by atoms with Crippen LogP contribution in [-0.2, 0) is 0 Å². The van der Waals surface area contributed by atoms with Gasteiger partial charge in [-0.2, -0.15) is 0 Å². The maximum Gasteiger partial charge on any atom is 0.274 e. The number of nitrogens with zero attached hydrogens (tertiary/aromatic N) is 1. The average molecular weight is 238 g/mol. The van der Waals surface area contributed by atoms with Crippen molar-refractivity contribution in [2.45, 2.75) is 32.4 Å². The average Bonchev–Trinajstić information content (AvgIpc) is 2.35. The Morgan fingerprint density at radius 1 is 1.47 bits per heavy atom. The number of nitro groups is 1. The van der Waals surface area contributed by atoms with Crippen LogP contribution in [0.15, 0.2) is 24.3 Å². The summed E-state index contributed by atoms with van der Waals surface area (Å²) >= 11 is 0. The van der Waals surface area contributed by atoms with Crippen LogP contribution in [-0.4, -0.2) is 22.7 Å². The summed E-state index contributed by atoms with van der Waals surface area (Å²) in [5.74, 6) is 0. The van der Waals surface area contributed by atoms with Crippen LogP contribution < -0.4 is 5.32 Å². The molecular weight excluding hydrogens is 220 g/mol. The molecule has 1 aromatic rings. The molecule has 0 saturated carbocycles. The Hall–Kier alpha value is -1.46. The van der Waals surface area contributed by atoms with Crippen molar-refractivity contribution in [3.63, 3.8) is 0 Å². The zero-order valence-electron chi connectivity index (χ0n) is 10.1. The number of nitrogens with one attached hydrogen (secondary N) is 1. The van der Waals surface area contributed by atoms with Crippen molar-refractivity contribution in [3.8, 4) is 0 Å². The summed E-state index contributed by atoms with van der Waals surface area (Å²) in [6, 6.07) is 6.46. The summed E-state index contributed by atoms with van der Waals surface area (Å²) in [7, 11) is 0. The van der Waals surface area contributed by atoms with E-state index in [2.05, 4.69) is 5.32 Å². The minimum absolute atomic E-state index is 0.0292. The van der Waals surface area contributed by atoms with Gasteiger partial charge in [-0.15, -0.1) is 0 Å². The molecule has 0 aliphatic rings. The van der Waals surface area contributed by atoms with E-state index in [1.54, 1.807) is 18.2 Å². The molecule has 2 unspecified atom stereocenters. The molecule has 0 aromatic heterocycles. The van der Waals surface area contributed by atoms with Gasteiger partial charge in [0.05, 0.1) is 11.5 Å². The monoisotopic (exact) mass is 238 g/mol. The summed E-state index contributed by atoms with van der Waals surface area (Å²) in [5, 5.41) is 23.2. The molecule has 0 aliphatic carbocycles. The third-order valence-corrected chi connectivity index (χ3v) is 2.80. The van der Waals surface area contributed by atoms with Crippen molar-refractivity contribution < 1.29 is 10.0 Å². The summed E-state index contributed by atoms with van der Waals surface area (Å²) in [4.78, 5) is 10.5. The summed E-state index contributed by atoms with van der Waals surface area (Å²) in [6.45, 7) is 3.85. The number of hydrogen-bond donors (Lipinski definition) is 2. The third-order valence-electron chi connectivity index (χ3n) is 2.80. The highest BCUT2D eigenvalue weighted by Crippen LogP contribution is 2.24. The Kier molecular flexibility index (Phi) is 5.06. The predicted octanol–water partition coefficient (Wildman–Crippen LogP) is 2.02. The van der Waals surface area contributed by atoms with Crippen LogP contribution in [0.2, 0.25) is 0 Å². The molecular formula is C12H18N2O3. The lowest BCUT2D eigenvalue weighted by molar-refractivity contribution is -0.385. The van der Waals surface area contributed by atoms with E-state index in [1.165, 1.54) is 6.07 Å². The number of rotatable bonds is 6. The van der Waals surface area contributed by atoms with E-state index in [9.17, 15) is 10.1 Å². The van der Waals surface area contributed by atoms with E-state index in [1.807, 2.05) is 13.8 Å². The van der Waals surface area contributed by atoms with Crippen molar-refractivity contribution in [2.75, 3.05) is 6.61 Å². The van der Waals surface area contributed by atoms with Crippen LogP contribution in [0.1, 0.15) is 31.9 Å². The Balaban J connectivity index is 2.88. The maximum absolute atomic E-state index is 10.9. The van der Waals surface area contributed by atoms with E-state index in [0.29, 0.717) is 5.56 Å². The molecule has 1 rings (SSSR count). The van der Waals surface area contributed by atoms with Gasteiger partial charge in [0.1, 0.15) is 0 Å². The molecule has 2 atom stereocenters. The van der Waals surface area contributed by atoms with Gasteiger partial charge in [-0.3, -0.25) is 10.1 Å². The molecule has 0 bridgehead atoms. The van der Waals surface area contributed by atoms with Crippen LogP contribution >= 0.6 is 0 Å². The third kappa shape index (κ3) is 3.51. The first-order valence-corrected chi connectivity index (χ1v) is 5.70. The fourth-order valence-electron chi connectivity index (χ4n) is 1.76. The highest BCUT2D eigenvalue weighted by molar-refractivity contribution is 5.41. The largest absolute Gasteiger partial charge is 0.395 e. The molecule has 0 spiro atoms. The summed E-state index contributed by atoms with van der Waals surface area (Å²) < 4.78 is 0. The van der Waals surface area contributed by atoms with Gasteiger partial charge in [0, 0.05) is 23.7 Å². The quantitative estimate of drug-likeness (QED) is 0.587. The summed E-state index contributed by atoms with van der Waals surface area (Å²) in [5.41, 5.74) is 0.754. The predicted molar refractivity (Wildman–Crippen MR) is 65.8 cm³/mol. The minimum atomic E-state index is -0.382. The normalized spacial score (nSPS) is 14.3. The zero-order valence-corrected chi connectivity index (χ0v) is 10.1. The van der Waals surface area contributed by atoms with Crippen molar-refractivity contribution >= 4 is 5.69 Å². The van der Waals surface area contributed by atoms with Crippen LogP contribution in [0.25, 0.3) is 0 Å². The van der Waals surface area contributed by atoms with Crippen molar-refractivity contribution in [2.24, 2.45) is 0 Å². The standard InChI is InChI=1S/C12H18N2O3/c1-3-10(8-15)13-9(2)11-6-4-5-7-12(11)14(16)17/h4-7,9-10,13,15H,3,8H2,1-2H3. The molecule has 94 valence electrons. The van der Waals surface area contributed by atoms with Gasteiger partial charge in [0.15, 0.2) is 0 Å². The number of hydrogen-bond acceptors (Lipinski definition) is 4. The lowest BCUT2D eigenvalue weighted by Crippen LogP contribution is -2.34. The SMILES string of the molecule is CCC(CO)NC(C)c1ccccc1[N+](=O)[O-]. The number of aliphatic hydroxyl groups is 1. The van der Waals surface area contributed by atoms with Crippen LogP contribution in [0.3, 0.4) is 0 Å². The van der Waals surface area contributed by atoms with Crippen molar-refractivity contribution in [3.05, 3.63) is 39.9 Å². The van der Waals surface area contributed by atoms with Gasteiger partial charge in [0.25, 0.3) is 5.69 Å². The van der Waals surface area contributed by atoms with Crippen molar-refractivity contribution in [1.29, 1.82) is 0 Å². The van der Waals surface area contributed by atoms with Crippen LogP contribution in [0.4, 0.5) is 5.69 Å². The Morgan fingerprint density at radius 3 is 2.65 bits per heavy atom. The zero-order chi connectivity index (χ0) is 12.8. The maximum atomic E-state index is 10.9. The second-order valence-corrected chi connectivity index (χ2v) is 3.99. The molecule has 0 saturated heterocycles. The fourth-order valence-corrected chi connectivity index (χ4v) is 1.76. The second-order valence-electron chi connectivity index (χ2n) is 3.99. The first-order valence-electron chi connectivity index (χ1n) is 5.70. The fraction of sp³-hybridized carbons (Fsp3) is 0.500. The van der Waals surface area contributed by atoms with E-state index in [-0.39, 0.29) is 29.3 Å². The molecule has 5 heteroatoms. The highest BCUT2D eigenvalue weighted by atomic mass is 16.6. The first-order chi connectivity index (χ1) is 8.10. The Labute approximate surface area is 101 Å². The molecule has 0 aliphatic heterocycles. The second kappa shape index (κ2) is 6.32. The van der Waals surface area contributed by atoms with Crippen molar-refractivity contribution in [1.82, 2.24) is 5.32 Å². The van der Waals surface area contributed by atoms with Crippen LogP contribution in [0, 0.1) is 10.1 Å². The molecule has 5 nitrogen and oxygen atoms in total. The first kappa shape index (κ1) is 13.6. The van der Waals surface area contributed by atoms with E-state index >= 15 is 0 Å². The molecule has 17 heavy (non-hydrogen) atoms. The number of para-hydroxylation sites is 1. The Bertz CT molecular complexity index is 378. The van der Waals surface area contributed by atoms with Gasteiger partial charge >= 0.3 is 0 Å². The smallest absolute Gasteiger partial charge is 0.274 e. The molecule has 2 N–H and O–H groups in total. The van der Waals surface area contributed by atoms with E-state index in [4.69, 9.17) is 5.11 Å². The molecule has 0 heterocycles. The number of aliphatic hydroxyl groups excluding tert-OH is 1. The molecule has 1 aromatic carbocycles. The lowest BCUT2D eigenvalue weighted by Gasteiger charge is -2.20. The number of benzene rings is 1.